The Hall–Kier alpha value is -1.86. The summed E-state index contributed by atoms with van der Waals surface area (Å²) < 4.78 is 26.7. The molecule has 7 heteroatoms. The molecule has 122 valence electrons. The molecule has 4 nitrogen and oxygen atoms in total. The van der Waals surface area contributed by atoms with Crippen LogP contribution in [0.5, 0.6) is 0 Å². The van der Waals surface area contributed by atoms with Crippen molar-refractivity contribution >= 4 is 22.4 Å². The number of aromatic nitrogens is 1. The molecule has 0 unspecified atom stereocenters. The Morgan fingerprint density at radius 1 is 1.43 bits per heavy atom. The Morgan fingerprint density at radius 2 is 2.26 bits per heavy atom. The molecule has 2 heterocycles. The van der Waals surface area contributed by atoms with E-state index in [2.05, 4.69) is 22.2 Å². The zero-order chi connectivity index (χ0) is 16.4. The van der Waals surface area contributed by atoms with Gasteiger partial charge >= 0.3 is 0 Å². The maximum Gasteiger partial charge on any atom is 0.226 e. The SMILES string of the molecule is CN1CCc2nc(NC(=O)CCc3cccc(F)c3F)sc2C1. The minimum Gasteiger partial charge on any atom is -0.302 e. The van der Waals surface area contributed by atoms with Crippen LogP contribution in [0.15, 0.2) is 18.2 Å². The third-order valence-corrected chi connectivity index (χ3v) is 4.82. The molecule has 0 saturated heterocycles. The molecule has 1 aromatic heterocycles. The molecule has 0 fully saturated rings. The molecule has 1 aliphatic heterocycles. The largest absolute Gasteiger partial charge is 0.302 e. The van der Waals surface area contributed by atoms with Crippen LogP contribution < -0.4 is 5.32 Å². The van der Waals surface area contributed by atoms with Crippen molar-refractivity contribution in [2.45, 2.75) is 25.8 Å². The maximum atomic E-state index is 13.5. The van der Waals surface area contributed by atoms with Crippen molar-refractivity contribution in [3.05, 3.63) is 46.0 Å². The van der Waals surface area contributed by atoms with Gasteiger partial charge in [0.05, 0.1) is 5.69 Å². The highest BCUT2D eigenvalue weighted by molar-refractivity contribution is 7.15. The van der Waals surface area contributed by atoms with Crippen molar-refractivity contribution in [2.24, 2.45) is 0 Å². The summed E-state index contributed by atoms with van der Waals surface area (Å²) in [7, 11) is 2.05. The summed E-state index contributed by atoms with van der Waals surface area (Å²) >= 11 is 1.48. The number of likely N-dealkylation sites (N-methyl/N-ethyl adjacent to an activating group) is 1. The summed E-state index contributed by atoms with van der Waals surface area (Å²) in [5, 5.41) is 3.33. The van der Waals surface area contributed by atoms with Gasteiger partial charge in [0.1, 0.15) is 0 Å². The fraction of sp³-hybridized carbons (Fsp3) is 0.375. The number of hydrogen-bond acceptors (Lipinski definition) is 4. The van der Waals surface area contributed by atoms with Gasteiger partial charge < -0.3 is 10.2 Å². The van der Waals surface area contributed by atoms with Gasteiger partial charge in [-0.05, 0) is 25.1 Å². The van der Waals surface area contributed by atoms with Crippen molar-refractivity contribution in [1.29, 1.82) is 0 Å². The highest BCUT2D eigenvalue weighted by atomic mass is 32.1. The van der Waals surface area contributed by atoms with Crippen molar-refractivity contribution in [2.75, 3.05) is 18.9 Å². The van der Waals surface area contributed by atoms with E-state index in [-0.39, 0.29) is 24.3 Å². The summed E-state index contributed by atoms with van der Waals surface area (Å²) in [6.45, 7) is 1.81. The predicted molar refractivity (Wildman–Crippen MR) is 85.5 cm³/mol. The van der Waals surface area contributed by atoms with Gasteiger partial charge in [-0.25, -0.2) is 13.8 Å². The number of carbonyl (C=O) groups is 1. The highest BCUT2D eigenvalue weighted by Crippen LogP contribution is 2.27. The Bertz CT molecular complexity index is 732. The molecule has 0 spiro atoms. The Balaban J connectivity index is 1.58. The first-order chi connectivity index (χ1) is 11.0. The minimum absolute atomic E-state index is 0.0878. The molecule has 0 aliphatic carbocycles. The van der Waals surface area contributed by atoms with Crippen LogP contribution in [0.4, 0.5) is 13.9 Å². The lowest BCUT2D eigenvalue weighted by Gasteiger charge is -2.20. The first kappa shape index (κ1) is 16.0. The number of thiazole rings is 1. The van der Waals surface area contributed by atoms with Gasteiger partial charge in [-0.2, -0.15) is 0 Å². The number of nitrogens with one attached hydrogen (secondary N) is 1. The number of amides is 1. The lowest BCUT2D eigenvalue weighted by Crippen LogP contribution is -2.25. The maximum absolute atomic E-state index is 13.5. The Labute approximate surface area is 137 Å². The second-order valence-electron chi connectivity index (χ2n) is 5.64. The van der Waals surface area contributed by atoms with Crippen LogP contribution >= 0.6 is 11.3 Å². The van der Waals surface area contributed by atoms with E-state index in [9.17, 15) is 13.6 Å². The molecule has 3 rings (SSSR count). The molecule has 1 amide bonds. The van der Waals surface area contributed by atoms with Gasteiger partial charge in [0.25, 0.3) is 0 Å². The predicted octanol–water partition coefficient (Wildman–Crippen LogP) is 2.98. The normalized spacial score (nSPS) is 14.6. The van der Waals surface area contributed by atoms with E-state index in [0.717, 1.165) is 31.3 Å². The average Bonchev–Trinajstić information content (AvgIpc) is 2.90. The van der Waals surface area contributed by atoms with Crippen molar-refractivity contribution in [1.82, 2.24) is 9.88 Å². The number of hydrogen-bond donors (Lipinski definition) is 1. The lowest BCUT2D eigenvalue weighted by atomic mass is 10.1. The number of benzene rings is 1. The van der Waals surface area contributed by atoms with E-state index in [0.29, 0.717) is 5.13 Å². The number of fused-ring (bicyclic) bond motifs is 1. The molecule has 0 atom stereocenters. The van der Waals surface area contributed by atoms with Crippen LogP contribution in [0.2, 0.25) is 0 Å². The third-order valence-electron chi connectivity index (χ3n) is 3.82. The highest BCUT2D eigenvalue weighted by Gasteiger charge is 2.19. The van der Waals surface area contributed by atoms with Crippen molar-refractivity contribution < 1.29 is 13.6 Å². The van der Waals surface area contributed by atoms with Gasteiger partial charge in [0, 0.05) is 30.8 Å². The molecule has 2 aromatic rings. The number of anilines is 1. The van der Waals surface area contributed by atoms with Gasteiger partial charge in [-0.3, -0.25) is 4.79 Å². The minimum atomic E-state index is -0.889. The molecule has 1 aromatic carbocycles. The van der Waals surface area contributed by atoms with Gasteiger partial charge in [-0.15, -0.1) is 11.3 Å². The van der Waals surface area contributed by atoms with Gasteiger partial charge in [-0.1, -0.05) is 12.1 Å². The standard InChI is InChI=1S/C16H17F2N3OS/c1-21-8-7-12-13(9-21)23-16(19-12)20-14(22)6-5-10-3-2-4-11(17)15(10)18/h2-4H,5-9H2,1H3,(H,19,20,22). The summed E-state index contributed by atoms with van der Waals surface area (Å²) in [5.74, 6) is -2.01. The molecular formula is C16H17F2N3OS. The van der Waals surface area contributed by atoms with Gasteiger partial charge in [0.2, 0.25) is 5.91 Å². The van der Waals surface area contributed by atoms with Crippen LogP contribution in [0, 0.1) is 11.6 Å². The van der Waals surface area contributed by atoms with Crippen LogP contribution in [-0.2, 0) is 24.2 Å². The molecule has 0 saturated carbocycles. The fourth-order valence-electron chi connectivity index (χ4n) is 2.55. The zero-order valence-electron chi connectivity index (χ0n) is 12.7. The van der Waals surface area contributed by atoms with Crippen molar-refractivity contribution in [3.8, 4) is 0 Å². The summed E-state index contributed by atoms with van der Waals surface area (Å²) in [5.41, 5.74) is 1.25. The van der Waals surface area contributed by atoms with E-state index in [1.165, 1.54) is 28.3 Å². The quantitative estimate of drug-likeness (QED) is 0.933. The second kappa shape index (κ2) is 6.72. The average molecular weight is 337 g/mol. The number of carbonyl (C=O) groups excluding carboxylic acids is 1. The number of rotatable bonds is 4. The van der Waals surface area contributed by atoms with E-state index in [1.54, 1.807) is 0 Å². The third kappa shape index (κ3) is 3.73. The van der Waals surface area contributed by atoms with E-state index in [1.807, 2.05) is 0 Å². The Kier molecular flexibility index (Phi) is 4.68. The van der Waals surface area contributed by atoms with E-state index in [4.69, 9.17) is 0 Å². The van der Waals surface area contributed by atoms with Crippen LogP contribution in [0.25, 0.3) is 0 Å². The smallest absolute Gasteiger partial charge is 0.226 e. The second-order valence-corrected chi connectivity index (χ2v) is 6.72. The fourth-order valence-corrected chi connectivity index (χ4v) is 3.65. The first-order valence-corrected chi connectivity index (χ1v) is 8.24. The number of nitrogens with zero attached hydrogens (tertiary/aromatic N) is 2. The summed E-state index contributed by atoms with van der Waals surface area (Å²) in [6.07, 6.45) is 1.13. The monoisotopic (exact) mass is 337 g/mol. The number of aryl methyl sites for hydroxylation is 1. The summed E-state index contributed by atoms with van der Waals surface area (Å²) in [6, 6.07) is 4.00. The first-order valence-electron chi connectivity index (χ1n) is 7.43. The molecule has 23 heavy (non-hydrogen) atoms. The van der Waals surface area contributed by atoms with Crippen molar-refractivity contribution in [3.63, 3.8) is 0 Å². The summed E-state index contributed by atoms with van der Waals surface area (Å²) in [4.78, 5) is 19.8. The molecule has 1 N–H and O–H groups in total. The lowest BCUT2D eigenvalue weighted by molar-refractivity contribution is -0.116. The van der Waals surface area contributed by atoms with E-state index < -0.39 is 11.6 Å². The van der Waals surface area contributed by atoms with Crippen LogP contribution in [-0.4, -0.2) is 29.4 Å². The van der Waals surface area contributed by atoms with E-state index >= 15 is 0 Å². The zero-order valence-corrected chi connectivity index (χ0v) is 13.6. The number of halogens is 2. The molecule has 1 aliphatic rings. The molecule has 0 bridgehead atoms. The topological polar surface area (TPSA) is 45.2 Å². The molecule has 0 radical (unpaired) electrons. The van der Waals surface area contributed by atoms with Crippen LogP contribution in [0.3, 0.4) is 0 Å². The molecular weight excluding hydrogens is 320 g/mol. The van der Waals surface area contributed by atoms with Crippen LogP contribution in [0.1, 0.15) is 22.6 Å². The Morgan fingerprint density at radius 3 is 3.09 bits per heavy atom. The van der Waals surface area contributed by atoms with Gasteiger partial charge in [0.15, 0.2) is 16.8 Å².